The molecule has 1 aromatic carbocycles. The van der Waals surface area contributed by atoms with E-state index in [-0.39, 0.29) is 5.56 Å². The number of nitrogens with zero attached hydrogens (tertiary/aromatic N) is 1. The Labute approximate surface area is 109 Å². The molecule has 18 heavy (non-hydrogen) atoms. The van der Waals surface area contributed by atoms with Crippen molar-refractivity contribution in [3.05, 3.63) is 58.7 Å². The van der Waals surface area contributed by atoms with Crippen LogP contribution in [-0.2, 0) is 0 Å². The van der Waals surface area contributed by atoms with Gasteiger partial charge in [-0.1, -0.05) is 29.8 Å². The van der Waals surface area contributed by atoms with Crippen molar-refractivity contribution in [2.24, 2.45) is 0 Å². The highest BCUT2D eigenvalue weighted by Crippen LogP contribution is 2.22. The Balaban J connectivity index is 2.22. The average Bonchev–Trinajstić information content (AvgIpc) is 2.32. The molecular formula is C13H11ClF2N2. The fourth-order valence-electron chi connectivity index (χ4n) is 1.64. The third kappa shape index (κ3) is 2.76. The Morgan fingerprint density at radius 3 is 2.61 bits per heavy atom. The monoisotopic (exact) mass is 268 g/mol. The molecule has 0 aliphatic heterocycles. The van der Waals surface area contributed by atoms with Crippen molar-refractivity contribution in [1.29, 1.82) is 0 Å². The van der Waals surface area contributed by atoms with E-state index in [4.69, 9.17) is 11.6 Å². The molecule has 1 aromatic heterocycles. The molecule has 94 valence electrons. The normalized spacial score (nSPS) is 12.2. The van der Waals surface area contributed by atoms with Crippen molar-refractivity contribution in [2.45, 2.75) is 13.0 Å². The lowest BCUT2D eigenvalue weighted by molar-refractivity contribution is 0.494. The van der Waals surface area contributed by atoms with Crippen LogP contribution in [-0.4, -0.2) is 4.98 Å². The molecular weight excluding hydrogens is 258 g/mol. The Kier molecular flexibility index (Phi) is 3.77. The van der Waals surface area contributed by atoms with Crippen molar-refractivity contribution in [3.63, 3.8) is 0 Å². The van der Waals surface area contributed by atoms with Crippen LogP contribution in [0.1, 0.15) is 18.5 Å². The lowest BCUT2D eigenvalue weighted by Crippen LogP contribution is -2.10. The van der Waals surface area contributed by atoms with E-state index in [0.29, 0.717) is 11.0 Å². The van der Waals surface area contributed by atoms with Gasteiger partial charge in [0.05, 0.1) is 6.04 Å². The molecule has 0 aliphatic carbocycles. The maximum Gasteiger partial charge on any atom is 0.164 e. The van der Waals surface area contributed by atoms with Gasteiger partial charge in [-0.25, -0.2) is 13.8 Å². The minimum atomic E-state index is -0.861. The zero-order valence-electron chi connectivity index (χ0n) is 9.62. The molecule has 0 saturated carbocycles. The summed E-state index contributed by atoms with van der Waals surface area (Å²) in [7, 11) is 0. The molecule has 0 saturated heterocycles. The summed E-state index contributed by atoms with van der Waals surface area (Å²) in [5.41, 5.74) is 0.247. The van der Waals surface area contributed by atoms with Gasteiger partial charge in [-0.05, 0) is 25.1 Å². The number of hydrogen-bond donors (Lipinski definition) is 1. The van der Waals surface area contributed by atoms with Crippen molar-refractivity contribution >= 4 is 17.4 Å². The number of aromatic nitrogens is 1. The number of rotatable bonds is 3. The van der Waals surface area contributed by atoms with Crippen LogP contribution in [0.15, 0.2) is 36.4 Å². The highest BCUT2D eigenvalue weighted by molar-refractivity contribution is 6.29. The zero-order chi connectivity index (χ0) is 13.1. The zero-order valence-corrected chi connectivity index (χ0v) is 10.4. The standard InChI is InChI=1S/C13H11ClF2N2/c1-8(9-4-2-5-10(15)13(9)16)17-12-7-3-6-11(14)18-12/h2-8H,1H3,(H,17,18). The van der Waals surface area contributed by atoms with E-state index in [9.17, 15) is 8.78 Å². The second-order valence-electron chi connectivity index (χ2n) is 3.85. The minimum absolute atomic E-state index is 0.247. The predicted octanol–water partition coefficient (Wildman–Crippen LogP) is 4.19. The van der Waals surface area contributed by atoms with Crippen LogP contribution in [0.4, 0.5) is 14.6 Å². The first kappa shape index (κ1) is 12.8. The molecule has 2 rings (SSSR count). The number of halogens is 3. The third-order valence-electron chi connectivity index (χ3n) is 2.53. The van der Waals surface area contributed by atoms with Crippen molar-refractivity contribution in [3.8, 4) is 0 Å². The molecule has 0 amide bonds. The third-order valence-corrected chi connectivity index (χ3v) is 2.74. The number of nitrogens with one attached hydrogen (secondary N) is 1. The van der Waals surface area contributed by atoms with Gasteiger partial charge >= 0.3 is 0 Å². The van der Waals surface area contributed by atoms with Crippen LogP contribution in [0.5, 0.6) is 0 Å². The molecule has 0 aliphatic rings. The first-order valence-electron chi connectivity index (χ1n) is 5.41. The summed E-state index contributed by atoms with van der Waals surface area (Å²) in [5, 5.41) is 3.30. The first-order chi connectivity index (χ1) is 8.58. The summed E-state index contributed by atoms with van der Waals surface area (Å²) in [4.78, 5) is 4.03. The van der Waals surface area contributed by atoms with Crippen LogP contribution in [0.2, 0.25) is 5.15 Å². The van der Waals surface area contributed by atoms with Gasteiger partial charge in [0.15, 0.2) is 11.6 Å². The smallest absolute Gasteiger partial charge is 0.164 e. The maximum atomic E-state index is 13.6. The van der Waals surface area contributed by atoms with Gasteiger partial charge in [0, 0.05) is 5.56 Å². The average molecular weight is 269 g/mol. The number of pyridine rings is 1. The molecule has 1 N–H and O–H groups in total. The lowest BCUT2D eigenvalue weighted by Gasteiger charge is -2.15. The number of hydrogen-bond acceptors (Lipinski definition) is 2. The maximum absolute atomic E-state index is 13.6. The molecule has 0 radical (unpaired) electrons. The van der Waals surface area contributed by atoms with E-state index in [1.165, 1.54) is 12.1 Å². The fourth-order valence-corrected chi connectivity index (χ4v) is 1.81. The van der Waals surface area contributed by atoms with E-state index in [0.717, 1.165) is 6.07 Å². The Hall–Kier alpha value is -1.68. The molecule has 0 spiro atoms. The van der Waals surface area contributed by atoms with Crippen LogP contribution in [0.25, 0.3) is 0 Å². The molecule has 1 unspecified atom stereocenters. The second-order valence-corrected chi connectivity index (χ2v) is 4.24. The van der Waals surface area contributed by atoms with Gasteiger partial charge in [0.25, 0.3) is 0 Å². The van der Waals surface area contributed by atoms with Crippen LogP contribution in [0.3, 0.4) is 0 Å². The SMILES string of the molecule is CC(Nc1cccc(Cl)n1)c1cccc(F)c1F. The summed E-state index contributed by atoms with van der Waals surface area (Å²) in [6.45, 7) is 1.72. The summed E-state index contributed by atoms with van der Waals surface area (Å²) in [6, 6.07) is 8.75. The highest BCUT2D eigenvalue weighted by atomic mass is 35.5. The van der Waals surface area contributed by atoms with Crippen molar-refractivity contribution < 1.29 is 8.78 Å². The summed E-state index contributed by atoms with van der Waals surface area (Å²) in [5.74, 6) is -1.20. The number of benzene rings is 1. The van der Waals surface area contributed by atoms with E-state index < -0.39 is 17.7 Å². The van der Waals surface area contributed by atoms with E-state index >= 15 is 0 Å². The topological polar surface area (TPSA) is 24.9 Å². The van der Waals surface area contributed by atoms with Crippen molar-refractivity contribution in [1.82, 2.24) is 4.98 Å². The van der Waals surface area contributed by atoms with E-state index in [1.807, 2.05) is 0 Å². The van der Waals surface area contributed by atoms with E-state index in [1.54, 1.807) is 25.1 Å². The molecule has 1 atom stereocenters. The Bertz CT molecular complexity index is 560. The lowest BCUT2D eigenvalue weighted by atomic mass is 10.1. The molecule has 0 bridgehead atoms. The summed E-state index contributed by atoms with van der Waals surface area (Å²) < 4.78 is 26.7. The van der Waals surface area contributed by atoms with Crippen molar-refractivity contribution in [2.75, 3.05) is 5.32 Å². The van der Waals surface area contributed by atoms with E-state index in [2.05, 4.69) is 10.3 Å². The highest BCUT2D eigenvalue weighted by Gasteiger charge is 2.14. The fraction of sp³-hybridized carbons (Fsp3) is 0.154. The second kappa shape index (κ2) is 5.31. The minimum Gasteiger partial charge on any atom is -0.363 e. The Morgan fingerprint density at radius 1 is 1.17 bits per heavy atom. The first-order valence-corrected chi connectivity index (χ1v) is 5.78. The van der Waals surface area contributed by atoms with Crippen LogP contribution >= 0.6 is 11.6 Å². The molecule has 5 heteroatoms. The van der Waals surface area contributed by atoms with Gasteiger partial charge in [-0.2, -0.15) is 0 Å². The molecule has 0 fully saturated rings. The predicted molar refractivity (Wildman–Crippen MR) is 67.6 cm³/mol. The quantitative estimate of drug-likeness (QED) is 0.845. The van der Waals surface area contributed by atoms with Gasteiger partial charge < -0.3 is 5.32 Å². The van der Waals surface area contributed by atoms with Crippen LogP contribution < -0.4 is 5.32 Å². The van der Waals surface area contributed by atoms with Gasteiger partial charge in [-0.3, -0.25) is 0 Å². The molecule has 2 aromatic rings. The molecule has 2 nitrogen and oxygen atoms in total. The van der Waals surface area contributed by atoms with Gasteiger partial charge in [0.2, 0.25) is 0 Å². The molecule has 1 heterocycles. The Morgan fingerprint density at radius 2 is 1.89 bits per heavy atom. The van der Waals surface area contributed by atoms with Gasteiger partial charge in [-0.15, -0.1) is 0 Å². The largest absolute Gasteiger partial charge is 0.363 e. The van der Waals surface area contributed by atoms with Crippen LogP contribution in [0, 0.1) is 11.6 Å². The summed E-state index contributed by atoms with van der Waals surface area (Å²) >= 11 is 5.75. The summed E-state index contributed by atoms with van der Waals surface area (Å²) in [6.07, 6.45) is 0. The number of anilines is 1. The van der Waals surface area contributed by atoms with Gasteiger partial charge in [0.1, 0.15) is 11.0 Å².